The van der Waals surface area contributed by atoms with E-state index < -0.39 is 16.6 Å². The molecular weight excluding hydrogens is 288 g/mol. The average Bonchev–Trinajstić information content (AvgIpc) is 2.82. The van der Waals surface area contributed by atoms with Crippen LogP contribution >= 0.6 is 11.6 Å². The van der Waals surface area contributed by atoms with Crippen molar-refractivity contribution in [2.24, 2.45) is 5.41 Å². The van der Waals surface area contributed by atoms with E-state index in [1.807, 2.05) is 51.1 Å². The van der Waals surface area contributed by atoms with E-state index in [0.29, 0.717) is 19.4 Å². The van der Waals surface area contributed by atoms with Crippen LogP contribution in [0.2, 0.25) is 0 Å². The summed E-state index contributed by atoms with van der Waals surface area (Å²) in [4.78, 5) is 12.0. The summed E-state index contributed by atoms with van der Waals surface area (Å²) in [6.07, 6.45) is 1.16. The van der Waals surface area contributed by atoms with Crippen molar-refractivity contribution < 1.29 is 14.3 Å². The molecule has 1 saturated heterocycles. The molecule has 0 amide bonds. The molecule has 3 nitrogen and oxygen atoms in total. The van der Waals surface area contributed by atoms with E-state index in [4.69, 9.17) is 21.1 Å². The van der Waals surface area contributed by atoms with E-state index in [2.05, 4.69) is 0 Å². The summed E-state index contributed by atoms with van der Waals surface area (Å²) in [5.41, 5.74) is -0.491. The van der Waals surface area contributed by atoms with Crippen molar-refractivity contribution >= 4 is 16.8 Å². The van der Waals surface area contributed by atoms with E-state index in [0.717, 1.165) is 5.56 Å². The SMILES string of the molecule is CC1(C)O[C@]2(C)C[C@@]1(C(=O)Cl)C[C@@H]2OCc1ccccc1. The number of ether oxygens (including phenoxy) is 2. The van der Waals surface area contributed by atoms with Crippen molar-refractivity contribution in [2.75, 3.05) is 0 Å². The molecule has 114 valence electrons. The second-order valence-electron chi connectivity index (χ2n) is 6.95. The van der Waals surface area contributed by atoms with Gasteiger partial charge in [0.15, 0.2) is 0 Å². The molecular formula is C17H21ClO3. The minimum Gasteiger partial charge on any atom is -0.371 e. The van der Waals surface area contributed by atoms with Crippen LogP contribution in [0, 0.1) is 5.41 Å². The van der Waals surface area contributed by atoms with E-state index in [1.165, 1.54) is 0 Å². The molecule has 0 aromatic heterocycles. The number of carbonyl (C=O) groups is 1. The van der Waals surface area contributed by atoms with Crippen molar-refractivity contribution in [2.45, 2.75) is 57.5 Å². The van der Waals surface area contributed by atoms with Gasteiger partial charge in [0.2, 0.25) is 5.24 Å². The second kappa shape index (κ2) is 4.80. The third kappa shape index (κ3) is 2.23. The van der Waals surface area contributed by atoms with Crippen molar-refractivity contribution in [3.63, 3.8) is 0 Å². The maximum absolute atomic E-state index is 12.0. The standard InChI is InChI=1S/C17H21ClO3/c1-15(2)17(14(18)19)9-13(16(3,11-17)21-15)20-10-12-7-5-4-6-8-12/h4-8,13H,9-11H2,1-3H3/t13-,16+,17+/m0/s1. The number of benzene rings is 1. The van der Waals surface area contributed by atoms with Crippen LogP contribution in [0.5, 0.6) is 0 Å². The fourth-order valence-electron chi connectivity index (χ4n) is 3.95. The van der Waals surface area contributed by atoms with Crippen LogP contribution in [0.1, 0.15) is 39.2 Å². The Hall–Kier alpha value is -0.900. The van der Waals surface area contributed by atoms with E-state index in [9.17, 15) is 4.79 Å². The maximum Gasteiger partial charge on any atom is 0.230 e. The van der Waals surface area contributed by atoms with E-state index in [-0.39, 0.29) is 11.3 Å². The molecule has 2 bridgehead atoms. The monoisotopic (exact) mass is 308 g/mol. The zero-order valence-electron chi connectivity index (χ0n) is 12.7. The molecule has 1 aliphatic carbocycles. The van der Waals surface area contributed by atoms with Gasteiger partial charge < -0.3 is 9.47 Å². The third-order valence-electron chi connectivity index (χ3n) is 5.18. The van der Waals surface area contributed by atoms with Crippen molar-refractivity contribution in [3.8, 4) is 0 Å². The molecule has 0 radical (unpaired) electrons. The van der Waals surface area contributed by atoms with Gasteiger partial charge in [0.1, 0.15) is 0 Å². The summed E-state index contributed by atoms with van der Waals surface area (Å²) in [5, 5.41) is -0.304. The Balaban J connectivity index is 1.77. The molecule has 0 spiro atoms. The summed E-state index contributed by atoms with van der Waals surface area (Å²) >= 11 is 5.92. The van der Waals surface area contributed by atoms with Crippen molar-refractivity contribution in [1.82, 2.24) is 0 Å². The summed E-state index contributed by atoms with van der Waals surface area (Å²) < 4.78 is 12.2. The van der Waals surface area contributed by atoms with Crippen LogP contribution in [0.4, 0.5) is 0 Å². The minimum absolute atomic E-state index is 0.103. The van der Waals surface area contributed by atoms with Gasteiger partial charge in [-0.25, -0.2) is 0 Å². The quantitative estimate of drug-likeness (QED) is 0.796. The Morgan fingerprint density at radius 3 is 2.57 bits per heavy atom. The van der Waals surface area contributed by atoms with Crippen LogP contribution in [0.15, 0.2) is 30.3 Å². The molecule has 4 heteroatoms. The Morgan fingerprint density at radius 1 is 1.33 bits per heavy atom. The predicted molar refractivity (Wildman–Crippen MR) is 81.1 cm³/mol. The molecule has 0 unspecified atom stereocenters. The Labute approximate surface area is 130 Å². The Bertz CT molecular complexity index is 556. The number of hydrogen-bond acceptors (Lipinski definition) is 3. The highest BCUT2D eigenvalue weighted by Gasteiger charge is 2.71. The lowest BCUT2D eigenvalue weighted by molar-refractivity contribution is -0.200. The van der Waals surface area contributed by atoms with E-state index >= 15 is 0 Å². The highest BCUT2D eigenvalue weighted by molar-refractivity contribution is 6.65. The fraction of sp³-hybridized carbons (Fsp3) is 0.588. The first-order valence-corrected chi connectivity index (χ1v) is 7.73. The molecule has 2 aliphatic rings. The highest BCUT2D eigenvalue weighted by Crippen LogP contribution is 2.63. The average molecular weight is 309 g/mol. The normalized spacial score (nSPS) is 36.9. The summed E-state index contributed by atoms with van der Waals surface area (Å²) in [6.45, 7) is 6.45. The Morgan fingerprint density at radius 2 is 2.00 bits per heavy atom. The molecule has 1 aromatic rings. The van der Waals surface area contributed by atoms with Crippen LogP contribution < -0.4 is 0 Å². The number of carbonyl (C=O) groups excluding carboxylic acids is 1. The van der Waals surface area contributed by atoms with Crippen molar-refractivity contribution in [3.05, 3.63) is 35.9 Å². The number of rotatable bonds is 4. The van der Waals surface area contributed by atoms with Gasteiger partial charge >= 0.3 is 0 Å². The molecule has 1 heterocycles. The lowest BCUT2D eigenvalue weighted by atomic mass is 9.74. The molecule has 21 heavy (non-hydrogen) atoms. The van der Waals surface area contributed by atoms with Crippen molar-refractivity contribution in [1.29, 1.82) is 0 Å². The number of hydrogen-bond donors (Lipinski definition) is 0. The molecule has 1 aliphatic heterocycles. The van der Waals surface area contributed by atoms with Gasteiger partial charge in [-0.3, -0.25) is 4.79 Å². The minimum atomic E-state index is -0.634. The van der Waals surface area contributed by atoms with Gasteiger partial charge in [0.05, 0.1) is 29.3 Å². The van der Waals surface area contributed by atoms with Crippen LogP contribution in [0.25, 0.3) is 0 Å². The summed E-state index contributed by atoms with van der Waals surface area (Å²) in [7, 11) is 0. The highest BCUT2D eigenvalue weighted by atomic mass is 35.5. The van der Waals surface area contributed by atoms with Gasteiger partial charge in [-0.2, -0.15) is 0 Å². The number of halogens is 1. The Kier molecular flexibility index (Phi) is 3.43. The van der Waals surface area contributed by atoms with Crippen LogP contribution in [0.3, 0.4) is 0 Å². The molecule has 3 atom stereocenters. The van der Waals surface area contributed by atoms with Gasteiger partial charge in [-0.1, -0.05) is 30.3 Å². The van der Waals surface area contributed by atoms with E-state index in [1.54, 1.807) is 0 Å². The summed E-state index contributed by atoms with van der Waals surface area (Å²) in [6, 6.07) is 10.0. The van der Waals surface area contributed by atoms with Gasteiger partial charge in [-0.05, 0) is 50.8 Å². The number of fused-ring (bicyclic) bond motifs is 2. The third-order valence-corrected chi connectivity index (χ3v) is 5.54. The summed E-state index contributed by atoms with van der Waals surface area (Å²) in [5.74, 6) is 0. The molecule has 2 fully saturated rings. The largest absolute Gasteiger partial charge is 0.371 e. The lowest BCUT2D eigenvalue weighted by Gasteiger charge is -2.43. The topological polar surface area (TPSA) is 35.5 Å². The molecule has 1 saturated carbocycles. The van der Waals surface area contributed by atoms with Gasteiger partial charge in [0, 0.05) is 0 Å². The first-order chi connectivity index (χ1) is 9.79. The van der Waals surface area contributed by atoms with Gasteiger partial charge in [-0.15, -0.1) is 0 Å². The van der Waals surface area contributed by atoms with Crippen LogP contribution in [-0.4, -0.2) is 22.5 Å². The first kappa shape index (κ1) is 15.0. The molecule has 3 rings (SSSR count). The predicted octanol–water partition coefficient (Wildman–Crippen LogP) is 3.68. The lowest BCUT2D eigenvalue weighted by Crippen LogP contribution is -2.51. The zero-order valence-corrected chi connectivity index (χ0v) is 13.4. The first-order valence-electron chi connectivity index (χ1n) is 7.35. The fourth-order valence-corrected chi connectivity index (χ4v) is 4.32. The van der Waals surface area contributed by atoms with Crippen LogP contribution in [-0.2, 0) is 20.9 Å². The zero-order chi connectivity index (χ0) is 15.3. The smallest absolute Gasteiger partial charge is 0.230 e. The molecule has 0 N–H and O–H groups in total. The molecule has 1 aromatic carbocycles. The van der Waals surface area contributed by atoms with Gasteiger partial charge in [0.25, 0.3) is 0 Å². The second-order valence-corrected chi connectivity index (χ2v) is 7.29. The maximum atomic E-state index is 12.0.